The molecule has 1 heterocycles. The molecular formula is C18H13BrN2O2. The first kappa shape index (κ1) is 15.5. The highest BCUT2D eigenvalue weighted by Gasteiger charge is 2.35. The molecule has 5 heteroatoms. The van der Waals surface area contributed by atoms with Crippen LogP contribution in [0.3, 0.4) is 0 Å². The molecule has 0 spiro atoms. The topological polar surface area (TPSA) is 63.4 Å². The van der Waals surface area contributed by atoms with Gasteiger partial charge in [0.15, 0.2) is 0 Å². The van der Waals surface area contributed by atoms with E-state index in [2.05, 4.69) is 27.8 Å². The smallest absolute Gasteiger partial charge is 0.261 e. The van der Waals surface area contributed by atoms with Crippen LogP contribution >= 0.6 is 15.9 Å². The maximum absolute atomic E-state index is 12.3. The number of amides is 2. The fourth-order valence-electron chi connectivity index (χ4n) is 2.36. The van der Waals surface area contributed by atoms with Crippen LogP contribution in [0.1, 0.15) is 26.3 Å². The Morgan fingerprint density at radius 2 is 1.57 bits per heavy atom. The Bertz CT molecular complexity index is 799. The van der Waals surface area contributed by atoms with Crippen molar-refractivity contribution in [3.63, 3.8) is 0 Å². The zero-order chi connectivity index (χ0) is 16.4. The third-order valence-electron chi connectivity index (χ3n) is 3.50. The lowest BCUT2D eigenvalue weighted by Gasteiger charge is -2.15. The molecule has 0 aromatic heterocycles. The summed E-state index contributed by atoms with van der Waals surface area (Å²) in [5, 5.41) is 0. The summed E-state index contributed by atoms with van der Waals surface area (Å²) in [4.78, 5) is 25.7. The molecule has 3 rings (SSSR count). The monoisotopic (exact) mass is 368 g/mol. The highest BCUT2D eigenvalue weighted by atomic mass is 79.9. The van der Waals surface area contributed by atoms with Crippen LogP contribution in [-0.4, -0.2) is 29.3 Å². The maximum Gasteiger partial charge on any atom is 0.261 e. The van der Waals surface area contributed by atoms with Crippen LogP contribution in [0.2, 0.25) is 0 Å². The standard InChI is InChI=1S/C18H13BrN2O2/c19-13-8-5-12(6-9-13)7-10-14(20)11-21-17(22)15-3-1-2-4-16(15)18(21)23/h1-6,8-9,14H,11,20H2/t14-/m0/s1. The molecule has 0 saturated heterocycles. The molecule has 4 nitrogen and oxygen atoms in total. The van der Waals surface area contributed by atoms with Gasteiger partial charge in [0.25, 0.3) is 11.8 Å². The van der Waals surface area contributed by atoms with Gasteiger partial charge >= 0.3 is 0 Å². The van der Waals surface area contributed by atoms with E-state index in [1.54, 1.807) is 24.3 Å². The van der Waals surface area contributed by atoms with E-state index >= 15 is 0 Å². The van der Waals surface area contributed by atoms with E-state index in [0.29, 0.717) is 11.1 Å². The first-order chi connectivity index (χ1) is 11.1. The van der Waals surface area contributed by atoms with E-state index < -0.39 is 6.04 Å². The summed E-state index contributed by atoms with van der Waals surface area (Å²) in [6, 6.07) is 13.7. The molecule has 0 bridgehead atoms. The number of carbonyl (C=O) groups is 2. The molecule has 0 aliphatic carbocycles. The molecule has 0 unspecified atom stereocenters. The van der Waals surface area contributed by atoms with Crippen molar-refractivity contribution < 1.29 is 9.59 Å². The lowest BCUT2D eigenvalue weighted by Crippen LogP contribution is -2.40. The zero-order valence-corrected chi connectivity index (χ0v) is 13.7. The summed E-state index contributed by atoms with van der Waals surface area (Å²) in [5.41, 5.74) is 7.63. The van der Waals surface area contributed by atoms with Gasteiger partial charge in [-0.2, -0.15) is 0 Å². The lowest BCUT2D eigenvalue weighted by atomic mass is 10.1. The van der Waals surface area contributed by atoms with Crippen LogP contribution in [0.25, 0.3) is 0 Å². The van der Waals surface area contributed by atoms with Gasteiger partial charge < -0.3 is 5.73 Å². The van der Waals surface area contributed by atoms with Crippen LogP contribution in [-0.2, 0) is 0 Å². The lowest BCUT2D eigenvalue weighted by molar-refractivity contribution is 0.0652. The van der Waals surface area contributed by atoms with Crippen molar-refractivity contribution in [2.24, 2.45) is 5.73 Å². The molecule has 0 radical (unpaired) electrons. The number of imide groups is 1. The van der Waals surface area contributed by atoms with E-state index in [-0.39, 0.29) is 18.4 Å². The Hall–Kier alpha value is -2.42. The zero-order valence-electron chi connectivity index (χ0n) is 12.1. The molecule has 2 N–H and O–H groups in total. The molecule has 0 saturated carbocycles. The number of nitrogens with two attached hydrogens (primary N) is 1. The molecular weight excluding hydrogens is 356 g/mol. The average molecular weight is 369 g/mol. The third kappa shape index (κ3) is 3.19. The van der Waals surface area contributed by atoms with Gasteiger partial charge in [0.1, 0.15) is 0 Å². The Balaban J connectivity index is 1.72. The second-order valence-corrected chi connectivity index (χ2v) is 6.06. The van der Waals surface area contributed by atoms with Gasteiger partial charge in [-0.1, -0.05) is 39.9 Å². The van der Waals surface area contributed by atoms with Gasteiger partial charge in [-0.15, -0.1) is 0 Å². The summed E-state index contributed by atoms with van der Waals surface area (Å²) < 4.78 is 0.971. The molecule has 2 amide bonds. The number of benzene rings is 2. The van der Waals surface area contributed by atoms with Crippen molar-refractivity contribution in [3.8, 4) is 11.8 Å². The molecule has 2 aromatic carbocycles. The van der Waals surface area contributed by atoms with Crippen LogP contribution in [0.5, 0.6) is 0 Å². The number of hydrogen-bond acceptors (Lipinski definition) is 3. The number of carbonyl (C=O) groups excluding carboxylic acids is 2. The summed E-state index contributed by atoms with van der Waals surface area (Å²) in [6.45, 7) is 0.0792. The quantitative estimate of drug-likeness (QED) is 0.653. The second-order valence-electron chi connectivity index (χ2n) is 5.15. The van der Waals surface area contributed by atoms with Crippen LogP contribution in [0.15, 0.2) is 53.0 Å². The minimum Gasteiger partial charge on any atom is -0.316 e. The predicted octanol–water partition coefficient (Wildman–Crippen LogP) is 2.42. The number of rotatable bonds is 2. The summed E-state index contributed by atoms with van der Waals surface area (Å²) in [7, 11) is 0. The van der Waals surface area contributed by atoms with E-state index in [1.165, 1.54) is 0 Å². The van der Waals surface area contributed by atoms with E-state index in [1.807, 2.05) is 24.3 Å². The molecule has 1 atom stereocenters. The van der Waals surface area contributed by atoms with Gasteiger partial charge in [-0.3, -0.25) is 14.5 Å². The van der Waals surface area contributed by atoms with Crippen molar-refractivity contribution in [1.82, 2.24) is 4.90 Å². The minimum absolute atomic E-state index is 0.0792. The second kappa shape index (κ2) is 6.37. The van der Waals surface area contributed by atoms with Crippen molar-refractivity contribution in [2.45, 2.75) is 6.04 Å². The van der Waals surface area contributed by atoms with Crippen molar-refractivity contribution in [3.05, 3.63) is 69.7 Å². The van der Waals surface area contributed by atoms with E-state index in [4.69, 9.17) is 5.73 Å². The van der Waals surface area contributed by atoms with Crippen LogP contribution in [0, 0.1) is 11.8 Å². The largest absolute Gasteiger partial charge is 0.316 e. The number of fused-ring (bicyclic) bond motifs is 1. The Morgan fingerprint density at radius 3 is 2.13 bits per heavy atom. The van der Waals surface area contributed by atoms with Crippen molar-refractivity contribution in [2.75, 3.05) is 6.54 Å². The SMILES string of the molecule is N[C@@H](C#Cc1ccc(Br)cc1)CN1C(=O)c2ccccc2C1=O. The highest BCUT2D eigenvalue weighted by Crippen LogP contribution is 2.22. The van der Waals surface area contributed by atoms with Gasteiger partial charge in [-0.25, -0.2) is 0 Å². The molecule has 0 fully saturated rings. The first-order valence-corrected chi connectivity index (χ1v) is 7.83. The van der Waals surface area contributed by atoms with Crippen LogP contribution in [0.4, 0.5) is 0 Å². The molecule has 114 valence electrons. The summed E-state index contributed by atoms with van der Waals surface area (Å²) in [5.74, 6) is 5.20. The molecule has 1 aliphatic rings. The number of halogens is 1. The summed E-state index contributed by atoms with van der Waals surface area (Å²) in [6.07, 6.45) is 0. The van der Waals surface area contributed by atoms with E-state index in [0.717, 1.165) is 14.9 Å². The predicted molar refractivity (Wildman–Crippen MR) is 90.8 cm³/mol. The highest BCUT2D eigenvalue weighted by molar-refractivity contribution is 9.10. The van der Waals surface area contributed by atoms with Gasteiger partial charge in [0, 0.05) is 10.0 Å². The van der Waals surface area contributed by atoms with Crippen molar-refractivity contribution >= 4 is 27.7 Å². The first-order valence-electron chi connectivity index (χ1n) is 7.04. The average Bonchev–Trinajstić information content (AvgIpc) is 2.80. The Morgan fingerprint density at radius 1 is 1.00 bits per heavy atom. The van der Waals surface area contributed by atoms with Crippen molar-refractivity contribution in [1.29, 1.82) is 0 Å². The van der Waals surface area contributed by atoms with Crippen LogP contribution < -0.4 is 5.73 Å². The maximum atomic E-state index is 12.3. The number of hydrogen-bond donors (Lipinski definition) is 1. The van der Waals surface area contributed by atoms with Gasteiger partial charge in [0.2, 0.25) is 0 Å². The van der Waals surface area contributed by atoms with Gasteiger partial charge in [0.05, 0.1) is 23.7 Å². The molecule has 2 aromatic rings. The van der Waals surface area contributed by atoms with Gasteiger partial charge in [-0.05, 0) is 36.4 Å². The molecule has 23 heavy (non-hydrogen) atoms. The minimum atomic E-state index is -0.596. The molecule has 1 aliphatic heterocycles. The normalized spacial score (nSPS) is 14.3. The summed E-state index contributed by atoms with van der Waals surface area (Å²) >= 11 is 3.36. The Kier molecular flexibility index (Phi) is 4.28. The fraction of sp³-hybridized carbons (Fsp3) is 0.111. The number of nitrogens with zero attached hydrogens (tertiary/aromatic N) is 1. The van der Waals surface area contributed by atoms with E-state index in [9.17, 15) is 9.59 Å². The fourth-order valence-corrected chi connectivity index (χ4v) is 2.62. The Labute approximate surface area is 142 Å². The third-order valence-corrected chi connectivity index (χ3v) is 4.03.